The van der Waals surface area contributed by atoms with E-state index >= 15 is 0 Å². The van der Waals surface area contributed by atoms with Crippen LogP contribution in [0.25, 0.3) is 0 Å². The minimum atomic E-state index is -0.732. The molecule has 6 nitrogen and oxygen atoms in total. The van der Waals surface area contributed by atoms with Crippen LogP contribution in [0.2, 0.25) is 0 Å². The lowest BCUT2D eigenvalue weighted by Crippen LogP contribution is -2.49. The zero-order valence-electron chi connectivity index (χ0n) is 20.9. The van der Waals surface area contributed by atoms with Gasteiger partial charge in [-0.15, -0.1) is 0 Å². The Hall–Kier alpha value is -1.40. The summed E-state index contributed by atoms with van der Waals surface area (Å²) in [5.41, 5.74) is 0. The van der Waals surface area contributed by atoms with E-state index in [0.717, 1.165) is 51.4 Å². The van der Waals surface area contributed by atoms with Gasteiger partial charge in [0.2, 0.25) is 0 Å². The minimum absolute atomic E-state index is 0.0718. The SMILES string of the molecule is CC1CCCC(O[C](C2CCCC(C)C2=O)C(OC2CCCCC2=O)C2CCCCC2=O)C1=O. The zero-order valence-corrected chi connectivity index (χ0v) is 20.9. The van der Waals surface area contributed by atoms with Crippen molar-refractivity contribution in [1.82, 2.24) is 0 Å². The maximum atomic E-state index is 13.4. The Kier molecular flexibility index (Phi) is 8.73. The van der Waals surface area contributed by atoms with E-state index in [-0.39, 0.29) is 35.0 Å². The number of carbonyl (C=O) groups excluding carboxylic acids is 4. The third-order valence-electron chi connectivity index (χ3n) is 8.54. The Morgan fingerprint density at radius 1 is 0.676 bits per heavy atom. The maximum absolute atomic E-state index is 13.4. The molecule has 0 N–H and O–H groups in total. The second kappa shape index (κ2) is 11.6. The molecule has 0 amide bonds. The van der Waals surface area contributed by atoms with Gasteiger partial charge in [0.1, 0.15) is 36.0 Å². The highest BCUT2D eigenvalue weighted by molar-refractivity contribution is 5.88. The van der Waals surface area contributed by atoms with Gasteiger partial charge < -0.3 is 9.47 Å². The summed E-state index contributed by atoms with van der Waals surface area (Å²) >= 11 is 0. The summed E-state index contributed by atoms with van der Waals surface area (Å²) in [6.07, 6.45) is 9.17. The smallest absolute Gasteiger partial charge is 0.164 e. The highest BCUT2D eigenvalue weighted by atomic mass is 16.6. The van der Waals surface area contributed by atoms with Gasteiger partial charge in [0.15, 0.2) is 11.6 Å². The van der Waals surface area contributed by atoms with Crippen molar-refractivity contribution in [2.75, 3.05) is 0 Å². The van der Waals surface area contributed by atoms with Crippen LogP contribution >= 0.6 is 0 Å². The quantitative estimate of drug-likeness (QED) is 0.520. The van der Waals surface area contributed by atoms with Gasteiger partial charge in [-0.1, -0.05) is 26.7 Å². The summed E-state index contributed by atoms with van der Waals surface area (Å²) in [7, 11) is 0. The predicted octanol–water partition coefficient (Wildman–Crippen LogP) is 4.95. The Labute approximate surface area is 203 Å². The molecule has 4 aliphatic carbocycles. The van der Waals surface area contributed by atoms with Crippen LogP contribution < -0.4 is 0 Å². The van der Waals surface area contributed by atoms with E-state index in [4.69, 9.17) is 9.47 Å². The average Bonchev–Trinajstić information content (AvgIpc) is 2.82. The number of hydrogen-bond acceptors (Lipinski definition) is 6. The number of ether oxygens (including phenoxy) is 2. The molecular formula is C28H41O6. The Morgan fingerprint density at radius 3 is 2.00 bits per heavy atom. The second-order valence-corrected chi connectivity index (χ2v) is 11.1. The fraction of sp³-hybridized carbons (Fsp3) is 0.821. The fourth-order valence-corrected chi connectivity index (χ4v) is 6.34. The summed E-state index contributed by atoms with van der Waals surface area (Å²) < 4.78 is 13.1. The van der Waals surface area contributed by atoms with E-state index in [1.807, 2.05) is 13.8 Å². The van der Waals surface area contributed by atoms with Crippen molar-refractivity contribution in [1.29, 1.82) is 0 Å². The molecule has 0 heterocycles. The van der Waals surface area contributed by atoms with Crippen molar-refractivity contribution in [3.63, 3.8) is 0 Å². The third kappa shape index (κ3) is 5.70. The summed E-state index contributed by atoms with van der Waals surface area (Å²) in [4.78, 5) is 52.2. The first kappa shape index (κ1) is 25.7. The van der Waals surface area contributed by atoms with E-state index in [9.17, 15) is 19.2 Å². The molecule has 6 heteroatoms. The first-order valence-electron chi connectivity index (χ1n) is 13.7. The molecule has 1 radical (unpaired) electrons. The number of carbonyl (C=O) groups is 4. The molecule has 0 aromatic heterocycles. The van der Waals surface area contributed by atoms with Crippen LogP contribution in [0.15, 0.2) is 0 Å². The van der Waals surface area contributed by atoms with Gasteiger partial charge in [-0.25, -0.2) is 0 Å². The molecular weight excluding hydrogens is 432 g/mol. The van der Waals surface area contributed by atoms with Crippen LogP contribution in [-0.4, -0.2) is 41.4 Å². The van der Waals surface area contributed by atoms with Crippen LogP contribution in [0, 0.1) is 29.8 Å². The van der Waals surface area contributed by atoms with Gasteiger partial charge in [-0.3, -0.25) is 19.2 Å². The summed E-state index contributed by atoms with van der Waals surface area (Å²) in [5, 5.41) is 0. The van der Waals surface area contributed by atoms with Gasteiger partial charge in [0.05, 0.1) is 5.92 Å². The van der Waals surface area contributed by atoms with Crippen molar-refractivity contribution in [2.45, 2.75) is 122 Å². The largest absolute Gasteiger partial charge is 0.363 e. The highest BCUT2D eigenvalue weighted by Gasteiger charge is 2.48. The van der Waals surface area contributed by atoms with Gasteiger partial charge in [0.25, 0.3) is 0 Å². The number of hydrogen-bond donors (Lipinski definition) is 0. The second-order valence-electron chi connectivity index (χ2n) is 11.1. The first-order chi connectivity index (χ1) is 16.4. The van der Waals surface area contributed by atoms with Crippen LogP contribution in [0.3, 0.4) is 0 Å². The molecule has 34 heavy (non-hydrogen) atoms. The number of rotatable bonds is 7. The van der Waals surface area contributed by atoms with Gasteiger partial charge in [0, 0.05) is 30.6 Å². The van der Waals surface area contributed by atoms with Crippen molar-refractivity contribution in [3.8, 4) is 0 Å². The predicted molar refractivity (Wildman–Crippen MR) is 127 cm³/mol. The van der Waals surface area contributed by atoms with E-state index in [0.29, 0.717) is 44.6 Å². The molecule has 0 aliphatic heterocycles. The monoisotopic (exact) mass is 473 g/mol. The lowest BCUT2D eigenvalue weighted by molar-refractivity contribution is -0.164. The molecule has 0 spiro atoms. The van der Waals surface area contributed by atoms with Crippen molar-refractivity contribution >= 4 is 23.1 Å². The summed E-state index contributed by atoms with van der Waals surface area (Å²) in [5.74, 6) is -0.669. The van der Waals surface area contributed by atoms with Gasteiger partial charge >= 0.3 is 0 Å². The average molecular weight is 474 g/mol. The normalized spacial score (nSPS) is 36.7. The minimum Gasteiger partial charge on any atom is -0.363 e. The molecule has 7 unspecified atom stereocenters. The molecule has 4 aliphatic rings. The topological polar surface area (TPSA) is 86.7 Å². The lowest BCUT2D eigenvalue weighted by atomic mass is 9.72. The van der Waals surface area contributed by atoms with Crippen LogP contribution in [-0.2, 0) is 28.7 Å². The fourth-order valence-electron chi connectivity index (χ4n) is 6.34. The van der Waals surface area contributed by atoms with Gasteiger partial charge in [-0.05, 0) is 64.2 Å². The zero-order chi connectivity index (χ0) is 24.2. The standard InChI is InChI=1S/C28H41O6/c1-17-9-7-12-20(25(17)31)28(34-24-16-8-10-18(2)26(24)32)27(19-11-3-4-13-21(19)29)33-23-15-6-5-14-22(23)30/h17-20,23-24,27H,3-16H2,1-2H3. The van der Waals surface area contributed by atoms with Gasteiger partial charge in [-0.2, -0.15) is 0 Å². The van der Waals surface area contributed by atoms with Crippen molar-refractivity contribution in [3.05, 3.63) is 6.10 Å². The van der Waals surface area contributed by atoms with E-state index < -0.39 is 30.1 Å². The third-order valence-corrected chi connectivity index (χ3v) is 8.54. The maximum Gasteiger partial charge on any atom is 0.164 e. The summed E-state index contributed by atoms with van der Waals surface area (Å²) in [6.45, 7) is 3.89. The Morgan fingerprint density at radius 2 is 1.29 bits per heavy atom. The molecule has 0 aromatic rings. The summed E-state index contributed by atoms with van der Waals surface area (Å²) in [6, 6.07) is 0. The first-order valence-corrected chi connectivity index (χ1v) is 13.7. The molecule has 189 valence electrons. The number of Topliss-reactive ketones (excluding diaryl/α,β-unsaturated/α-hetero) is 4. The number of ketones is 4. The highest BCUT2D eigenvalue weighted by Crippen LogP contribution is 2.42. The molecule has 4 fully saturated rings. The van der Waals surface area contributed by atoms with Crippen molar-refractivity contribution in [2.24, 2.45) is 23.7 Å². The molecule has 0 aromatic carbocycles. The molecule has 4 rings (SSSR count). The lowest BCUT2D eigenvalue weighted by Gasteiger charge is -2.42. The Bertz CT molecular complexity index is 775. The molecule has 0 bridgehead atoms. The van der Waals surface area contributed by atoms with Crippen LogP contribution in [0.1, 0.15) is 104 Å². The Balaban J connectivity index is 1.67. The van der Waals surface area contributed by atoms with Crippen LogP contribution in [0.4, 0.5) is 0 Å². The van der Waals surface area contributed by atoms with Crippen molar-refractivity contribution < 1.29 is 28.7 Å². The molecule has 7 atom stereocenters. The molecule has 0 saturated heterocycles. The van der Waals surface area contributed by atoms with E-state index in [1.165, 1.54) is 0 Å². The molecule has 4 saturated carbocycles. The van der Waals surface area contributed by atoms with E-state index in [2.05, 4.69) is 0 Å². The van der Waals surface area contributed by atoms with Crippen LogP contribution in [0.5, 0.6) is 0 Å². The van der Waals surface area contributed by atoms with E-state index in [1.54, 1.807) is 0 Å².